The van der Waals surface area contributed by atoms with Crippen LogP contribution in [0, 0.1) is 0 Å². The standard InChI is InChI=1S/C25H18BrNO2/c1-2-27-20-15-18(26)13-14-19(20)23-21(16-9-5-3-6-10-16)22(25(28)29-24(23)27)17-11-7-4-8-12-17/h3-15H,2H2,1H3. The van der Waals surface area contributed by atoms with E-state index in [1.165, 1.54) is 0 Å². The van der Waals surface area contributed by atoms with Crippen LogP contribution in [-0.4, -0.2) is 4.57 Å². The molecule has 5 rings (SSSR count). The maximum absolute atomic E-state index is 13.3. The topological polar surface area (TPSA) is 35.1 Å². The highest BCUT2D eigenvalue weighted by Gasteiger charge is 2.23. The molecule has 0 atom stereocenters. The third kappa shape index (κ3) is 2.83. The molecule has 2 aromatic heterocycles. The van der Waals surface area contributed by atoms with Gasteiger partial charge in [-0.1, -0.05) is 82.7 Å². The first-order valence-corrected chi connectivity index (χ1v) is 10.4. The van der Waals surface area contributed by atoms with Crippen LogP contribution in [0.1, 0.15) is 6.92 Å². The van der Waals surface area contributed by atoms with Crippen LogP contribution >= 0.6 is 15.9 Å². The monoisotopic (exact) mass is 443 g/mol. The van der Waals surface area contributed by atoms with Crippen molar-refractivity contribution in [2.75, 3.05) is 0 Å². The van der Waals surface area contributed by atoms with Gasteiger partial charge in [0.05, 0.1) is 16.5 Å². The fourth-order valence-electron chi connectivity index (χ4n) is 4.09. The number of halogens is 1. The summed E-state index contributed by atoms with van der Waals surface area (Å²) in [5, 5.41) is 2.05. The van der Waals surface area contributed by atoms with Gasteiger partial charge in [-0.3, -0.25) is 0 Å². The van der Waals surface area contributed by atoms with Gasteiger partial charge in [0.2, 0.25) is 5.71 Å². The number of hydrogen-bond acceptors (Lipinski definition) is 2. The van der Waals surface area contributed by atoms with E-state index in [9.17, 15) is 4.79 Å². The molecule has 29 heavy (non-hydrogen) atoms. The molecule has 0 unspecified atom stereocenters. The summed E-state index contributed by atoms with van der Waals surface area (Å²) in [6.45, 7) is 2.77. The first-order chi connectivity index (χ1) is 14.2. The number of nitrogens with zero attached hydrogens (tertiary/aromatic N) is 1. The lowest BCUT2D eigenvalue weighted by Gasteiger charge is -2.11. The largest absolute Gasteiger partial charge is 0.405 e. The molecule has 0 N–H and O–H groups in total. The van der Waals surface area contributed by atoms with Crippen molar-refractivity contribution in [3.8, 4) is 22.3 Å². The van der Waals surface area contributed by atoms with Gasteiger partial charge in [0.25, 0.3) is 0 Å². The summed E-state index contributed by atoms with van der Waals surface area (Å²) >= 11 is 3.58. The van der Waals surface area contributed by atoms with E-state index in [1.54, 1.807) is 0 Å². The first-order valence-electron chi connectivity index (χ1n) is 9.58. The summed E-state index contributed by atoms with van der Waals surface area (Å²) in [5.74, 6) is 0. The van der Waals surface area contributed by atoms with Crippen molar-refractivity contribution in [1.82, 2.24) is 4.57 Å². The summed E-state index contributed by atoms with van der Waals surface area (Å²) in [6.07, 6.45) is 0. The smallest absolute Gasteiger partial charge is 0.346 e. The molecule has 0 radical (unpaired) electrons. The number of fused-ring (bicyclic) bond motifs is 3. The zero-order chi connectivity index (χ0) is 20.0. The zero-order valence-electron chi connectivity index (χ0n) is 15.9. The molecule has 0 amide bonds. The minimum atomic E-state index is -0.320. The molecular weight excluding hydrogens is 426 g/mol. The molecule has 0 saturated carbocycles. The molecule has 0 aliphatic rings. The van der Waals surface area contributed by atoms with Crippen molar-refractivity contribution in [1.29, 1.82) is 0 Å². The van der Waals surface area contributed by atoms with Gasteiger partial charge in [0.15, 0.2) is 0 Å². The summed E-state index contributed by atoms with van der Waals surface area (Å²) in [6, 6.07) is 26.0. The average Bonchev–Trinajstić information content (AvgIpc) is 3.05. The lowest BCUT2D eigenvalue weighted by atomic mass is 9.93. The van der Waals surface area contributed by atoms with Gasteiger partial charge in [-0.2, -0.15) is 0 Å². The highest BCUT2D eigenvalue weighted by molar-refractivity contribution is 9.10. The minimum absolute atomic E-state index is 0.320. The molecule has 0 aliphatic heterocycles. The molecule has 0 bridgehead atoms. The Balaban J connectivity index is 2.06. The highest BCUT2D eigenvalue weighted by Crippen LogP contribution is 2.41. The summed E-state index contributed by atoms with van der Waals surface area (Å²) < 4.78 is 9.01. The molecule has 0 fully saturated rings. The Labute approximate surface area is 176 Å². The van der Waals surface area contributed by atoms with E-state index in [0.717, 1.165) is 37.5 Å². The third-order valence-electron chi connectivity index (χ3n) is 5.31. The van der Waals surface area contributed by atoms with Gasteiger partial charge in [-0.15, -0.1) is 0 Å². The van der Waals surface area contributed by atoms with E-state index in [4.69, 9.17) is 4.42 Å². The van der Waals surface area contributed by atoms with Gasteiger partial charge in [-0.05, 0) is 30.2 Å². The third-order valence-corrected chi connectivity index (χ3v) is 5.81. The summed E-state index contributed by atoms with van der Waals surface area (Å²) in [5.41, 5.74) is 4.72. The van der Waals surface area contributed by atoms with Crippen LogP contribution in [-0.2, 0) is 6.54 Å². The predicted octanol–water partition coefficient (Wildman–Crippen LogP) is 6.86. The lowest BCUT2D eigenvalue weighted by molar-refractivity contribution is 0.532. The second-order valence-corrected chi connectivity index (χ2v) is 7.87. The van der Waals surface area contributed by atoms with Crippen molar-refractivity contribution in [3.05, 3.63) is 93.8 Å². The summed E-state index contributed by atoms with van der Waals surface area (Å²) in [7, 11) is 0. The van der Waals surface area contributed by atoms with E-state index in [-0.39, 0.29) is 5.63 Å². The number of hydrogen-bond donors (Lipinski definition) is 0. The molecule has 0 saturated heterocycles. The SMILES string of the molecule is CCn1c2cc(Br)ccc2c2c(-c3ccccc3)c(-c3ccccc3)c(=O)oc21. The minimum Gasteiger partial charge on any atom is -0.405 e. The number of aromatic nitrogens is 1. The van der Waals surface area contributed by atoms with Gasteiger partial charge >= 0.3 is 5.63 Å². The van der Waals surface area contributed by atoms with Crippen molar-refractivity contribution < 1.29 is 4.42 Å². The van der Waals surface area contributed by atoms with Gasteiger partial charge in [0, 0.05) is 22.0 Å². The molecular formula is C25H18BrNO2. The van der Waals surface area contributed by atoms with Crippen LogP contribution in [0.3, 0.4) is 0 Å². The molecule has 3 aromatic carbocycles. The Hall–Kier alpha value is -3.11. The Bertz CT molecular complexity index is 1400. The lowest BCUT2D eigenvalue weighted by Crippen LogP contribution is -2.07. The van der Waals surface area contributed by atoms with Crippen LogP contribution in [0.2, 0.25) is 0 Å². The van der Waals surface area contributed by atoms with Crippen molar-refractivity contribution >= 4 is 37.9 Å². The Kier molecular flexibility index (Phi) is 4.36. The van der Waals surface area contributed by atoms with Gasteiger partial charge < -0.3 is 8.98 Å². The fourth-order valence-corrected chi connectivity index (χ4v) is 4.44. The summed E-state index contributed by atoms with van der Waals surface area (Å²) in [4.78, 5) is 13.3. The van der Waals surface area contributed by atoms with E-state index in [2.05, 4.69) is 51.7 Å². The molecule has 142 valence electrons. The molecule has 3 nitrogen and oxygen atoms in total. The van der Waals surface area contributed by atoms with Gasteiger partial charge in [-0.25, -0.2) is 4.79 Å². The van der Waals surface area contributed by atoms with E-state index < -0.39 is 0 Å². The maximum Gasteiger partial charge on any atom is 0.346 e. The van der Waals surface area contributed by atoms with Crippen LogP contribution in [0.5, 0.6) is 0 Å². The zero-order valence-corrected chi connectivity index (χ0v) is 17.4. The average molecular weight is 444 g/mol. The molecule has 2 heterocycles. The maximum atomic E-state index is 13.3. The second-order valence-electron chi connectivity index (χ2n) is 6.96. The second kappa shape index (κ2) is 7.05. The first kappa shape index (κ1) is 18.0. The van der Waals surface area contributed by atoms with Crippen LogP contribution in [0.4, 0.5) is 0 Å². The van der Waals surface area contributed by atoms with Crippen molar-refractivity contribution in [3.63, 3.8) is 0 Å². The van der Waals surface area contributed by atoms with Gasteiger partial charge in [0.1, 0.15) is 0 Å². The predicted molar refractivity (Wildman–Crippen MR) is 122 cm³/mol. The highest BCUT2D eigenvalue weighted by atomic mass is 79.9. The van der Waals surface area contributed by atoms with Crippen molar-refractivity contribution in [2.45, 2.75) is 13.5 Å². The van der Waals surface area contributed by atoms with E-state index in [1.807, 2.05) is 54.6 Å². The Morgan fingerprint density at radius 3 is 2.10 bits per heavy atom. The number of rotatable bonds is 3. The van der Waals surface area contributed by atoms with E-state index in [0.29, 0.717) is 17.8 Å². The molecule has 4 heteroatoms. The Morgan fingerprint density at radius 2 is 1.48 bits per heavy atom. The molecule has 5 aromatic rings. The molecule has 0 aliphatic carbocycles. The normalized spacial score (nSPS) is 11.4. The molecule has 0 spiro atoms. The van der Waals surface area contributed by atoms with Crippen LogP contribution < -0.4 is 5.63 Å². The van der Waals surface area contributed by atoms with E-state index >= 15 is 0 Å². The number of aryl methyl sites for hydroxylation is 1. The van der Waals surface area contributed by atoms with Crippen molar-refractivity contribution in [2.24, 2.45) is 0 Å². The fraction of sp³-hybridized carbons (Fsp3) is 0.0800. The van der Waals surface area contributed by atoms with Crippen LogP contribution in [0.25, 0.3) is 44.3 Å². The number of benzene rings is 3. The Morgan fingerprint density at radius 1 is 0.862 bits per heavy atom. The van der Waals surface area contributed by atoms with Crippen LogP contribution in [0.15, 0.2) is 92.5 Å². The quantitative estimate of drug-likeness (QED) is 0.305.